The van der Waals surface area contributed by atoms with E-state index in [9.17, 15) is 13.7 Å². The molecule has 0 unspecified atom stereocenters. The molecule has 4 nitrogen and oxygen atoms in total. The van der Waals surface area contributed by atoms with Gasteiger partial charge in [0.15, 0.2) is 11.5 Å². The van der Waals surface area contributed by atoms with E-state index in [4.69, 9.17) is 0 Å². The van der Waals surface area contributed by atoms with Crippen molar-refractivity contribution in [1.82, 2.24) is 0 Å². The SMILES string of the molecule is O=Nc1cc[nH+]c(Nc2cccc(F)c2F)c1. The van der Waals surface area contributed by atoms with Gasteiger partial charge in [-0.15, -0.1) is 4.91 Å². The van der Waals surface area contributed by atoms with Crippen molar-refractivity contribution in [3.8, 4) is 0 Å². The number of anilines is 2. The quantitative estimate of drug-likeness (QED) is 0.833. The highest BCUT2D eigenvalue weighted by Gasteiger charge is 2.13. The topological polar surface area (TPSA) is 55.6 Å². The van der Waals surface area contributed by atoms with Crippen molar-refractivity contribution in [3.63, 3.8) is 0 Å². The molecule has 1 aromatic heterocycles. The van der Waals surface area contributed by atoms with Gasteiger partial charge in [-0.05, 0) is 17.3 Å². The predicted molar refractivity (Wildman–Crippen MR) is 58.1 cm³/mol. The third-order valence-electron chi connectivity index (χ3n) is 2.11. The predicted octanol–water partition coefficient (Wildman–Crippen LogP) is 2.92. The van der Waals surface area contributed by atoms with E-state index in [0.717, 1.165) is 6.07 Å². The number of hydrogen-bond acceptors (Lipinski definition) is 3. The van der Waals surface area contributed by atoms with Gasteiger partial charge in [0.25, 0.3) is 5.82 Å². The second-order valence-electron chi connectivity index (χ2n) is 3.28. The number of rotatable bonds is 3. The zero-order chi connectivity index (χ0) is 12.3. The molecule has 0 aliphatic rings. The van der Waals surface area contributed by atoms with Crippen LogP contribution in [0.4, 0.5) is 26.0 Å². The fraction of sp³-hybridized carbons (Fsp3) is 0. The van der Waals surface area contributed by atoms with Crippen molar-refractivity contribution < 1.29 is 13.8 Å². The number of nitrogens with zero attached hydrogens (tertiary/aromatic N) is 1. The molecule has 0 saturated heterocycles. The lowest BCUT2D eigenvalue weighted by Gasteiger charge is -2.00. The Morgan fingerprint density at radius 1 is 1.24 bits per heavy atom. The first-order chi connectivity index (χ1) is 8.20. The minimum Gasteiger partial charge on any atom is -0.247 e. The van der Waals surface area contributed by atoms with Gasteiger partial charge in [0.1, 0.15) is 5.69 Å². The fourth-order valence-electron chi connectivity index (χ4n) is 1.33. The Bertz CT molecular complexity index is 560. The van der Waals surface area contributed by atoms with Gasteiger partial charge in [-0.1, -0.05) is 6.07 Å². The Kier molecular flexibility index (Phi) is 3.04. The van der Waals surface area contributed by atoms with Gasteiger partial charge in [-0.2, -0.15) is 4.39 Å². The first-order valence-electron chi connectivity index (χ1n) is 4.77. The Morgan fingerprint density at radius 3 is 2.82 bits per heavy atom. The first kappa shape index (κ1) is 11.1. The van der Waals surface area contributed by atoms with Crippen LogP contribution in [0.15, 0.2) is 41.7 Å². The molecule has 0 amide bonds. The molecule has 0 aliphatic carbocycles. The van der Waals surface area contributed by atoms with E-state index in [-0.39, 0.29) is 11.4 Å². The fourth-order valence-corrected chi connectivity index (χ4v) is 1.33. The third-order valence-corrected chi connectivity index (χ3v) is 2.11. The van der Waals surface area contributed by atoms with Crippen LogP contribution in [0.3, 0.4) is 0 Å². The van der Waals surface area contributed by atoms with Crippen LogP contribution in [0.1, 0.15) is 0 Å². The molecule has 2 N–H and O–H groups in total. The van der Waals surface area contributed by atoms with Crippen LogP contribution >= 0.6 is 0 Å². The largest absolute Gasteiger partial charge is 0.279 e. The summed E-state index contributed by atoms with van der Waals surface area (Å²) in [5.41, 5.74) is 0.160. The van der Waals surface area contributed by atoms with E-state index in [2.05, 4.69) is 15.5 Å². The number of halogens is 2. The van der Waals surface area contributed by atoms with Crippen molar-refractivity contribution in [1.29, 1.82) is 0 Å². The molecule has 0 aliphatic heterocycles. The summed E-state index contributed by atoms with van der Waals surface area (Å²) in [6.07, 6.45) is 1.47. The summed E-state index contributed by atoms with van der Waals surface area (Å²) in [5.74, 6) is -1.59. The molecule has 2 rings (SSSR count). The minimum atomic E-state index is -0.981. The molecular formula is C11H8F2N3O+. The zero-order valence-corrected chi connectivity index (χ0v) is 8.58. The van der Waals surface area contributed by atoms with Gasteiger partial charge in [-0.25, -0.2) is 14.7 Å². The number of H-pyrrole nitrogens is 1. The van der Waals surface area contributed by atoms with Gasteiger partial charge < -0.3 is 0 Å². The lowest BCUT2D eigenvalue weighted by atomic mass is 10.3. The van der Waals surface area contributed by atoms with Crippen LogP contribution in [0.25, 0.3) is 0 Å². The summed E-state index contributed by atoms with van der Waals surface area (Å²) >= 11 is 0. The van der Waals surface area contributed by atoms with E-state index >= 15 is 0 Å². The molecule has 0 saturated carbocycles. The Morgan fingerprint density at radius 2 is 2.06 bits per heavy atom. The maximum atomic E-state index is 13.3. The molecule has 1 heterocycles. The summed E-state index contributed by atoms with van der Waals surface area (Å²) in [6, 6.07) is 6.63. The molecule has 0 spiro atoms. The van der Waals surface area contributed by atoms with E-state index in [0.29, 0.717) is 5.82 Å². The molecule has 0 fully saturated rings. The molecule has 1 aromatic carbocycles. The molecule has 0 bridgehead atoms. The third kappa shape index (κ3) is 2.41. The lowest BCUT2D eigenvalue weighted by Crippen LogP contribution is -2.09. The van der Waals surface area contributed by atoms with Crippen LogP contribution in [-0.2, 0) is 0 Å². The van der Waals surface area contributed by atoms with Gasteiger partial charge >= 0.3 is 0 Å². The number of aromatic amines is 1. The number of benzene rings is 1. The maximum absolute atomic E-state index is 13.3. The van der Waals surface area contributed by atoms with Crippen LogP contribution < -0.4 is 10.3 Å². The summed E-state index contributed by atoms with van der Waals surface area (Å²) < 4.78 is 26.3. The van der Waals surface area contributed by atoms with Gasteiger partial charge in [0.2, 0.25) is 5.82 Å². The molecule has 17 heavy (non-hydrogen) atoms. The Balaban J connectivity index is 2.31. The number of pyridine rings is 1. The smallest absolute Gasteiger partial charge is 0.247 e. The van der Waals surface area contributed by atoms with Crippen LogP contribution in [0.2, 0.25) is 0 Å². The van der Waals surface area contributed by atoms with Crippen LogP contribution in [0.5, 0.6) is 0 Å². The lowest BCUT2D eigenvalue weighted by molar-refractivity contribution is -0.360. The minimum absolute atomic E-state index is 0.0238. The zero-order valence-electron chi connectivity index (χ0n) is 8.58. The van der Waals surface area contributed by atoms with Crippen LogP contribution in [0, 0.1) is 16.5 Å². The summed E-state index contributed by atoms with van der Waals surface area (Å²) in [5, 5.41) is 5.35. The highest BCUT2D eigenvalue weighted by atomic mass is 19.2. The van der Waals surface area contributed by atoms with E-state index in [1.165, 1.54) is 30.5 Å². The maximum Gasteiger partial charge on any atom is 0.279 e. The van der Waals surface area contributed by atoms with Crippen molar-refractivity contribution in [2.75, 3.05) is 5.32 Å². The first-order valence-corrected chi connectivity index (χ1v) is 4.77. The summed E-state index contributed by atoms with van der Waals surface area (Å²) in [4.78, 5) is 13.0. The van der Waals surface area contributed by atoms with E-state index < -0.39 is 11.6 Å². The number of nitroso groups, excluding NO2 is 1. The van der Waals surface area contributed by atoms with Gasteiger partial charge in [0, 0.05) is 6.07 Å². The molecule has 86 valence electrons. The molecular weight excluding hydrogens is 228 g/mol. The van der Waals surface area contributed by atoms with Crippen molar-refractivity contribution in [3.05, 3.63) is 53.1 Å². The summed E-state index contributed by atoms with van der Waals surface area (Å²) in [6.45, 7) is 0. The second kappa shape index (κ2) is 4.65. The summed E-state index contributed by atoms with van der Waals surface area (Å²) in [7, 11) is 0. The molecule has 6 heteroatoms. The monoisotopic (exact) mass is 236 g/mol. The van der Waals surface area contributed by atoms with E-state index in [1.54, 1.807) is 0 Å². The molecule has 2 aromatic rings. The second-order valence-corrected chi connectivity index (χ2v) is 3.28. The average Bonchev–Trinajstić information content (AvgIpc) is 2.35. The van der Waals surface area contributed by atoms with Crippen molar-refractivity contribution in [2.45, 2.75) is 0 Å². The normalized spacial score (nSPS) is 10.0. The van der Waals surface area contributed by atoms with Crippen molar-refractivity contribution in [2.24, 2.45) is 5.18 Å². The average molecular weight is 236 g/mol. The standard InChI is InChI=1S/C11H7F2N3O/c12-8-2-1-3-9(11(8)13)15-10-6-7(16-17)4-5-14-10/h1-6H,(H,14,15)/p+1. The van der Waals surface area contributed by atoms with Crippen LogP contribution in [-0.4, -0.2) is 0 Å². The highest BCUT2D eigenvalue weighted by Crippen LogP contribution is 2.21. The molecule has 0 atom stereocenters. The van der Waals surface area contributed by atoms with Gasteiger partial charge in [0.05, 0.1) is 12.3 Å². The van der Waals surface area contributed by atoms with E-state index in [1.807, 2.05) is 0 Å². The molecule has 0 radical (unpaired) electrons. The van der Waals surface area contributed by atoms with Gasteiger partial charge in [-0.3, -0.25) is 0 Å². The number of nitrogens with one attached hydrogen (secondary N) is 2. The Hall–Kier alpha value is -2.37. The number of hydrogen-bond donors (Lipinski definition) is 1. The number of aromatic nitrogens is 1. The Labute approximate surface area is 95.3 Å². The van der Waals surface area contributed by atoms with Crippen molar-refractivity contribution >= 4 is 17.2 Å². The highest BCUT2D eigenvalue weighted by molar-refractivity contribution is 5.57.